The van der Waals surface area contributed by atoms with Gasteiger partial charge in [-0.25, -0.2) is 8.42 Å². The van der Waals surface area contributed by atoms with Crippen LogP contribution < -0.4 is 10.1 Å². The molecule has 0 spiro atoms. The second kappa shape index (κ2) is 8.66. The van der Waals surface area contributed by atoms with Crippen LogP contribution in [0.5, 0.6) is 11.5 Å². The standard InChI is InChI=1S/C26H23NO3S/c1-19-5-3-7-22(17-19)27-21-9-13-25(14-10-21)31(28,29)26-15-11-23(12-16-26)30-24-8-4-6-20(2)18-24/h3-18,27H,1-2H3. The summed E-state index contributed by atoms with van der Waals surface area (Å²) in [6.07, 6.45) is 0. The van der Waals surface area contributed by atoms with E-state index in [1.807, 2.05) is 62.4 Å². The molecule has 0 fully saturated rings. The molecule has 0 radical (unpaired) electrons. The van der Waals surface area contributed by atoms with Gasteiger partial charge in [0.05, 0.1) is 9.79 Å². The molecule has 0 saturated carbocycles. The fourth-order valence-corrected chi connectivity index (χ4v) is 4.51. The molecule has 0 saturated heterocycles. The summed E-state index contributed by atoms with van der Waals surface area (Å²) < 4.78 is 31.8. The van der Waals surface area contributed by atoms with Gasteiger partial charge in [-0.1, -0.05) is 24.3 Å². The van der Waals surface area contributed by atoms with Crippen molar-refractivity contribution in [3.63, 3.8) is 0 Å². The van der Waals surface area contributed by atoms with Crippen molar-refractivity contribution in [3.8, 4) is 11.5 Å². The molecule has 4 rings (SSSR count). The number of nitrogens with one attached hydrogen (secondary N) is 1. The molecule has 4 aromatic rings. The predicted octanol–water partition coefficient (Wildman–Crippen LogP) is 6.67. The van der Waals surface area contributed by atoms with Crippen molar-refractivity contribution in [2.75, 3.05) is 5.32 Å². The molecule has 0 aromatic heterocycles. The third-order valence-corrected chi connectivity index (χ3v) is 6.62. The number of hydrogen-bond donors (Lipinski definition) is 1. The monoisotopic (exact) mass is 429 g/mol. The Morgan fingerprint density at radius 1 is 0.613 bits per heavy atom. The summed E-state index contributed by atoms with van der Waals surface area (Å²) in [7, 11) is -3.61. The minimum absolute atomic E-state index is 0.225. The van der Waals surface area contributed by atoms with Gasteiger partial charge in [-0.2, -0.15) is 0 Å². The van der Waals surface area contributed by atoms with Gasteiger partial charge in [0.15, 0.2) is 0 Å². The first-order valence-electron chi connectivity index (χ1n) is 9.94. The van der Waals surface area contributed by atoms with Gasteiger partial charge in [0.2, 0.25) is 9.84 Å². The molecule has 1 N–H and O–H groups in total. The zero-order valence-corrected chi connectivity index (χ0v) is 18.2. The van der Waals surface area contributed by atoms with Crippen molar-refractivity contribution in [1.82, 2.24) is 0 Å². The first-order valence-corrected chi connectivity index (χ1v) is 11.4. The average Bonchev–Trinajstić information content (AvgIpc) is 2.75. The Balaban J connectivity index is 1.50. The van der Waals surface area contributed by atoms with Crippen LogP contribution in [0.3, 0.4) is 0 Å². The Morgan fingerprint density at radius 2 is 1.19 bits per heavy atom. The molecule has 0 aliphatic rings. The lowest BCUT2D eigenvalue weighted by molar-refractivity contribution is 0.482. The second-order valence-corrected chi connectivity index (χ2v) is 9.36. The summed E-state index contributed by atoms with van der Waals surface area (Å²) in [5.74, 6) is 1.30. The fourth-order valence-electron chi connectivity index (χ4n) is 3.24. The molecule has 0 heterocycles. The van der Waals surface area contributed by atoms with Crippen LogP contribution in [0, 0.1) is 13.8 Å². The van der Waals surface area contributed by atoms with Crippen LogP contribution in [0.1, 0.15) is 11.1 Å². The average molecular weight is 430 g/mol. The van der Waals surface area contributed by atoms with Crippen LogP contribution in [-0.2, 0) is 9.84 Å². The smallest absolute Gasteiger partial charge is 0.206 e. The highest BCUT2D eigenvalue weighted by molar-refractivity contribution is 7.91. The third-order valence-electron chi connectivity index (χ3n) is 4.83. The highest BCUT2D eigenvalue weighted by atomic mass is 32.2. The Bertz CT molecular complexity index is 1200. The van der Waals surface area contributed by atoms with E-state index in [-0.39, 0.29) is 9.79 Å². The van der Waals surface area contributed by atoms with Crippen LogP contribution in [0.15, 0.2) is 107 Å². The Labute approximate surface area is 183 Å². The summed E-state index contributed by atoms with van der Waals surface area (Å²) in [6.45, 7) is 4.02. The lowest BCUT2D eigenvalue weighted by Gasteiger charge is -2.10. The van der Waals surface area contributed by atoms with E-state index in [0.29, 0.717) is 11.5 Å². The first kappa shape index (κ1) is 20.7. The minimum Gasteiger partial charge on any atom is -0.457 e. The van der Waals surface area contributed by atoms with Gasteiger partial charge in [-0.15, -0.1) is 0 Å². The van der Waals surface area contributed by atoms with E-state index in [2.05, 4.69) is 5.32 Å². The van der Waals surface area contributed by atoms with Crippen LogP contribution in [-0.4, -0.2) is 8.42 Å². The maximum absolute atomic E-state index is 13.0. The number of ether oxygens (including phenoxy) is 1. The van der Waals surface area contributed by atoms with E-state index >= 15 is 0 Å². The van der Waals surface area contributed by atoms with E-state index in [1.54, 1.807) is 48.5 Å². The molecule has 0 unspecified atom stereocenters. The SMILES string of the molecule is Cc1cccc(Nc2ccc(S(=O)(=O)c3ccc(Oc4cccc(C)c4)cc3)cc2)c1. The van der Waals surface area contributed by atoms with Crippen LogP contribution in [0.25, 0.3) is 0 Å². The molecule has 4 nitrogen and oxygen atoms in total. The van der Waals surface area contributed by atoms with Crippen molar-refractivity contribution in [2.45, 2.75) is 23.6 Å². The lowest BCUT2D eigenvalue weighted by atomic mass is 10.2. The zero-order chi connectivity index (χ0) is 21.8. The Kier molecular flexibility index (Phi) is 5.78. The fraction of sp³-hybridized carbons (Fsp3) is 0.0769. The topological polar surface area (TPSA) is 55.4 Å². The molecule has 4 aromatic carbocycles. The summed E-state index contributed by atoms with van der Waals surface area (Å²) >= 11 is 0. The Morgan fingerprint density at radius 3 is 1.81 bits per heavy atom. The Hall–Kier alpha value is -3.57. The van der Waals surface area contributed by atoms with Crippen LogP contribution >= 0.6 is 0 Å². The molecular weight excluding hydrogens is 406 g/mol. The maximum Gasteiger partial charge on any atom is 0.206 e. The molecule has 5 heteroatoms. The van der Waals surface area contributed by atoms with Crippen molar-refractivity contribution in [2.24, 2.45) is 0 Å². The summed E-state index contributed by atoms with van der Waals surface area (Å²) in [5, 5.41) is 3.29. The maximum atomic E-state index is 13.0. The van der Waals surface area contributed by atoms with Gasteiger partial charge in [-0.3, -0.25) is 0 Å². The molecule has 156 valence electrons. The van der Waals surface area contributed by atoms with Gasteiger partial charge in [0.1, 0.15) is 11.5 Å². The van der Waals surface area contributed by atoms with Crippen molar-refractivity contribution in [1.29, 1.82) is 0 Å². The summed E-state index contributed by atoms with van der Waals surface area (Å²) in [5.41, 5.74) is 4.03. The second-order valence-electron chi connectivity index (χ2n) is 7.41. The molecule has 0 aliphatic carbocycles. The van der Waals surface area contributed by atoms with Crippen molar-refractivity contribution in [3.05, 3.63) is 108 Å². The largest absolute Gasteiger partial charge is 0.457 e. The van der Waals surface area contributed by atoms with Crippen molar-refractivity contribution < 1.29 is 13.2 Å². The molecule has 0 aliphatic heterocycles. The van der Waals surface area contributed by atoms with Gasteiger partial charge < -0.3 is 10.1 Å². The van der Waals surface area contributed by atoms with Crippen molar-refractivity contribution >= 4 is 21.2 Å². The zero-order valence-electron chi connectivity index (χ0n) is 17.4. The predicted molar refractivity (Wildman–Crippen MR) is 124 cm³/mol. The van der Waals surface area contributed by atoms with E-state index in [9.17, 15) is 8.42 Å². The third kappa shape index (κ3) is 4.95. The number of aryl methyl sites for hydroxylation is 2. The quantitative estimate of drug-likeness (QED) is 0.372. The molecule has 0 bridgehead atoms. The molecule has 0 atom stereocenters. The highest BCUT2D eigenvalue weighted by Crippen LogP contribution is 2.27. The summed E-state index contributed by atoms with van der Waals surface area (Å²) in [6, 6.07) is 28.9. The number of sulfone groups is 1. The number of rotatable bonds is 6. The van der Waals surface area contributed by atoms with Crippen LogP contribution in [0.2, 0.25) is 0 Å². The van der Waals surface area contributed by atoms with Crippen LogP contribution in [0.4, 0.5) is 11.4 Å². The van der Waals surface area contributed by atoms with E-state index in [0.717, 1.165) is 22.5 Å². The molecule has 0 amide bonds. The number of benzene rings is 4. The molecule has 31 heavy (non-hydrogen) atoms. The van der Waals surface area contributed by atoms with Gasteiger partial charge >= 0.3 is 0 Å². The molecular formula is C26H23NO3S. The minimum atomic E-state index is -3.61. The number of hydrogen-bond acceptors (Lipinski definition) is 4. The summed E-state index contributed by atoms with van der Waals surface area (Å²) in [4.78, 5) is 0.470. The number of anilines is 2. The van der Waals surface area contributed by atoms with E-state index < -0.39 is 9.84 Å². The normalized spacial score (nSPS) is 11.2. The van der Waals surface area contributed by atoms with E-state index in [4.69, 9.17) is 4.74 Å². The van der Waals surface area contributed by atoms with Gasteiger partial charge in [0, 0.05) is 11.4 Å². The first-order chi connectivity index (χ1) is 14.9. The lowest BCUT2D eigenvalue weighted by Crippen LogP contribution is -2.02. The van der Waals surface area contributed by atoms with E-state index in [1.165, 1.54) is 0 Å². The highest BCUT2D eigenvalue weighted by Gasteiger charge is 2.17. The van der Waals surface area contributed by atoms with Gasteiger partial charge in [-0.05, 0) is 97.8 Å². The van der Waals surface area contributed by atoms with Gasteiger partial charge in [0.25, 0.3) is 0 Å².